The molecular formula is C37H52N2O8. The van der Waals surface area contributed by atoms with E-state index in [9.17, 15) is 24.3 Å². The summed E-state index contributed by atoms with van der Waals surface area (Å²) >= 11 is 0. The molecular weight excluding hydrogens is 600 g/mol. The minimum atomic E-state index is -0.839. The largest absolute Gasteiger partial charge is 0.481 e. The van der Waals surface area contributed by atoms with Gasteiger partial charge < -0.3 is 29.1 Å². The highest BCUT2D eigenvalue weighted by molar-refractivity contribution is 5.76. The Bertz CT molecular complexity index is 1320. The number of likely N-dealkylation sites (tertiary alicyclic amines) is 2. The zero-order chi connectivity index (χ0) is 34.8. The number of rotatable bonds is 8. The van der Waals surface area contributed by atoms with Crippen LogP contribution in [0.25, 0.3) is 0 Å². The van der Waals surface area contributed by atoms with Gasteiger partial charge in [-0.25, -0.2) is 9.59 Å². The molecule has 2 aromatic rings. The first kappa shape index (κ1) is 37.4. The number of carboxylic acid groups (broad SMARTS) is 1. The van der Waals surface area contributed by atoms with Gasteiger partial charge in [0.25, 0.3) is 0 Å². The zero-order valence-electron chi connectivity index (χ0n) is 28.9. The summed E-state index contributed by atoms with van der Waals surface area (Å²) in [6.45, 7) is 12.5. The van der Waals surface area contributed by atoms with Gasteiger partial charge in [-0.05, 0) is 90.2 Å². The number of amides is 2. The molecule has 258 valence electrons. The molecule has 2 aromatic carbocycles. The highest BCUT2D eigenvalue weighted by atomic mass is 16.6. The molecule has 2 saturated heterocycles. The van der Waals surface area contributed by atoms with Crippen LogP contribution in [0.4, 0.5) is 9.59 Å². The molecule has 4 rings (SSSR count). The van der Waals surface area contributed by atoms with E-state index in [1.807, 2.05) is 90.1 Å². The second kappa shape index (κ2) is 16.7. The van der Waals surface area contributed by atoms with Gasteiger partial charge >= 0.3 is 24.1 Å². The van der Waals surface area contributed by atoms with E-state index in [4.69, 9.17) is 14.2 Å². The molecule has 0 unspecified atom stereocenters. The molecule has 47 heavy (non-hydrogen) atoms. The minimum Gasteiger partial charge on any atom is -0.481 e. The summed E-state index contributed by atoms with van der Waals surface area (Å²) in [6.07, 6.45) is 2.49. The topological polar surface area (TPSA) is 123 Å². The summed E-state index contributed by atoms with van der Waals surface area (Å²) in [7, 11) is 1.40. The number of carbonyl (C=O) groups excluding carboxylic acids is 3. The first-order chi connectivity index (χ1) is 22.1. The van der Waals surface area contributed by atoms with Crippen molar-refractivity contribution in [3.05, 3.63) is 71.8 Å². The first-order valence-electron chi connectivity index (χ1n) is 16.4. The number of esters is 1. The standard InChI is InChI=1S/C19H27NO4.C18H25NO4/c1-19(2,3)24-18(22)20-12-15(16(13-20)17(21)23-4)11-10-14-8-6-5-7-9-14;1-18(2,3)23-17(22)19-11-14(15(12-19)16(20)21)10-9-13-7-5-4-6-8-13/h5-9,15-16H,10-13H2,1-4H3;4-8,14-15H,9-12H2,1-3H3,(H,20,21)/t15-,16-;14-,15-/m00/s1. The number of nitrogens with zero attached hydrogens (tertiary/aromatic N) is 2. The Balaban J connectivity index is 0.000000256. The highest BCUT2D eigenvalue weighted by Gasteiger charge is 2.42. The fourth-order valence-corrected chi connectivity index (χ4v) is 5.97. The lowest BCUT2D eigenvalue weighted by Crippen LogP contribution is -2.36. The number of hydrogen-bond acceptors (Lipinski definition) is 7. The maximum Gasteiger partial charge on any atom is 0.410 e. The normalized spacial score (nSPS) is 21.0. The van der Waals surface area contributed by atoms with E-state index < -0.39 is 29.2 Å². The molecule has 2 aliphatic heterocycles. The molecule has 0 bridgehead atoms. The number of ether oxygens (including phenoxy) is 3. The molecule has 10 heteroatoms. The van der Waals surface area contributed by atoms with Crippen LogP contribution in [0.5, 0.6) is 0 Å². The third-order valence-electron chi connectivity index (χ3n) is 8.30. The number of aryl methyl sites for hydroxylation is 2. The van der Waals surface area contributed by atoms with E-state index in [2.05, 4.69) is 12.1 Å². The summed E-state index contributed by atoms with van der Waals surface area (Å²) in [4.78, 5) is 51.2. The number of hydrogen-bond donors (Lipinski definition) is 1. The summed E-state index contributed by atoms with van der Waals surface area (Å²) in [5, 5.41) is 9.43. The summed E-state index contributed by atoms with van der Waals surface area (Å²) in [6, 6.07) is 20.2. The number of carboxylic acids is 1. The second-order valence-electron chi connectivity index (χ2n) is 14.4. The second-order valence-corrected chi connectivity index (χ2v) is 14.4. The molecule has 0 spiro atoms. The molecule has 0 aliphatic carbocycles. The number of methoxy groups -OCH3 is 1. The van der Waals surface area contributed by atoms with E-state index >= 15 is 0 Å². The molecule has 2 heterocycles. The Hall–Kier alpha value is -4.08. The predicted octanol–water partition coefficient (Wildman–Crippen LogP) is 6.46. The monoisotopic (exact) mass is 652 g/mol. The third-order valence-corrected chi connectivity index (χ3v) is 8.30. The van der Waals surface area contributed by atoms with Crippen molar-refractivity contribution in [3.8, 4) is 0 Å². The Kier molecular flexibility index (Phi) is 13.2. The number of carbonyl (C=O) groups is 4. The van der Waals surface area contributed by atoms with Gasteiger partial charge in [-0.1, -0.05) is 60.7 Å². The zero-order valence-corrected chi connectivity index (χ0v) is 28.9. The first-order valence-corrected chi connectivity index (χ1v) is 16.4. The van der Waals surface area contributed by atoms with Crippen LogP contribution < -0.4 is 0 Å². The Labute approximate surface area is 279 Å². The summed E-state index contributed by atoms with van der Waals surface area (Å²) in [5.41, 5.74) is 1.31. The summed E-state index contributed by atoms with van der Waals surface area (Å²) < 4.78 is 15.7. The maximum absolute atomic E-state index is 12.3. The van der Waals surface area contributed by atoms with Gasteiger partial charge in [0.2, 0.25) is 0 Å². The number of benzene rings is 2. The van der Waals surface area contributed by atoms with Gasteiger partial charge in [-0.2, -0.15) is 0 Å². The van der Waals surface area contributed by atoms with E-state index in [0.717, 1.165) is 25.7 Å². The molecule has 2 amide bonds. The SMILES string of the molecule is CC(C)(C)OC(=O)N1C[C@H](CCc2ccccc2)[C@@H](C(=O)O)C1.COC(=O)[C@H]1CN(C(=O)OC(C)(C)C)C[C@@H]1CCc1ccccc1. The quantitative estimate of drug-likeness (QED) is 0.255. The van der Waals surface area contributed by atoms with Gasteiger partial charge in [-0.15, -0.1) is 0 Å². The Morgan fingerprint density at radius 1 is 0.660 bits per heavy atom. The maximum atomic E-state index is 12.3. The van der Waals surface area contributed by atoms with Crippen LogP contribution in [-0.2, 0) is 36.6 Å². The third kappa shape index (κ3) is 12.2. The molecule has 0 saturated carbocycles. The number of aliphatic carboxylic acids is 1. The average Bonchev–Trinajstić information content (AvgIpc) is 3.64. The van der Waals surface area contributed by atoms with Gasteiger partial charge in [0.15, 0.2) is 0 Å². The molecule has 2 fully saturated rings. The minimum absolute atomic E-state index is 0.0415. The van der Waals surface area contributed by atoms with E-state index in [1.54, 1.807) is 4.90 Å². The van der Waals surface area contributed by atoms with Crippen LogP contribution in [0, 0.1) is 23.7 Å². The predicted molar refractivity (Wildman–Crippen MR) is 179 cm³/mol. The van der Waals surface area contributed by atoms with E-state index in [-0.39, 0.29) is 36.4 Å². The van der Waals surface area contributed by atoms with E-state index in [0.29, 0.717) is 19.6 Å². The van der Waals surface area contributed by atoms with Gasteiger partial charge in [0.05, 0.1) is 18.9 Å². The van der Waals surface area contributed by atoms with E-state index in [1.165, 1.54) is 23.1 Å². The molecule has 10 nitrogen and oxygen atoms in total. The van der Waals surface area contributed by atoms with Crippen LogP contribution in [0.15, 0.2) is 60.7 Å². The van der Waals surface area contributed by atoms with Crippen molar-refractivity contribution in [3.63, 3.8) is 0 Å². The van der Waals surface area contributed by atoms with Crippen molar-refractivity contribution < 1.29 is 38.5 Å². The molecule has 0 radical (unpaired) electrons. The van der Waals surface area contributed by atoms with Crippen molar-refractivity contribution in [2.45, 2.75) is 78.4 Å². The molecule has 2 aliphatic rings. The molecule has 1 N–H and O–H groups in total. The lowest BCUT2D eigenvalue weighted by molar-refractivity contribution is -0.146. The van der Waals surface area contributed by atoms with Gasteiger partial charge in [-0.3, -0.25) is 9.59 Å². The average molecular weight is 653 g/mol. The van der Waals surface area contributed by atoms with Crippen molar-refractivity contribution in [1.29, 1.82) is 0 Å². The van der Waals surface area contributed by atoms with Crippen molar-refractivity contribution in [1.82, 2.24) is 9.80 Å². The van der Waals surface area contributed by atoms with Gasteiger partial charge in [0, 0.05) is 26.2 Å². The summed E-state index contributed by atoms with van der Waals surface area (Å²) in [5.74, 6) is -1.85. The van der Waals surface area contributed by atoms with Crippen LogP contribution in [0.1, 0.15) is 65.5 Å². The van der Waals surface area contributed by atoms with Gasteiger partial charge in [0.1, 0.15) is 11.2 Å². The van der Waals surface area contributed by atoms with Crippen LogP contribution in [0.3, 0.4) is 0 Å². The van der Waals surface area contributed by atoms with Crippen molar-refractivity contribution >= 4 is 24.1 Å². The molecule has 0 aromatic heterocycles. The van der Waals surface area contributed by atoms with Crippen molar-refractivity contribution in [2.24, 2.45) is 23.7 Å². The lowest BCUT2D eigenvalue weighted by atomic mass is 9.90. The Morgan fingerprint density at radius 3 is 1.40 bits per heavy atom. The highest BCUT2D eigenvalue weighted by Crippen LogP contribution is 2.31. The Morgan fingerprint density at radius 2 is 1.04 bits per heavy atom. The van der Waals surface area contributed by atoms with Crippen molar-refractivity contribution in [2.75, 3.05) is 33.3 Å². The van der Waals surface area contributed by atoms with Crippen LogP contribution in [0.2, 0.25) is 0 Å². The lowest BCUT2D eigenvalue weighted by Gasteiger charge is -2.24. The van der Waals surface area contributed by atoms with Crippen LogP contribution in [-0.4, -0.2) is 83.5 Å². The van der Waals surface area contributed by atoms with Crippen LogP contribution >= 0.6 is 0 Å². The smallest absolute Gasteiger partial charge is 0.410 e. The molecule has 4 atom stereocenters. The fraction of sp³-hybridized carbons (Fsp3) is 0.568. The fourth-order valence-electron chi connectivity index (χ4n) is 5.97.